The number of hydrogen-bond acceptors (Lipinski definition) is 4. The highest BCUT2D eigenvalue weighted by molar-refractivity contribution is 6.02. The lowest BCUT2D eigenvalue weighted by Gasteiger charge is -2.04. The molecule has 0 spiro atoms. The van der Waals surface area contributed by atoms with Gasteiger partial charge in [0.05, 0.1) is 24.4 Å². The number of amides is 1. The predicted octanol–water partition coefficient (Wildman–Crippen LogP) is 4.08. The average molecular weight is 333 g/mol. The van der Waals surface area contributed by atoms with Gasteiger partial charge in [0.1, 0.15) is 11.6 Å². The molecule has 2 N–H and O–H groups in total. The summed E-state index contributed by atoms with van der Waals surface area (Å²) in [5.41, 5.74) is 3.27. The Kier molecular flexibility index (Phi) is 3.70. The molecule has 0 bridgehead atoms. The third kappa shape index (κ3) is 2.97. The highest BCUT2D eigenvalue weighted by atomic mass is 16.5. The second-order valence-corrected chi connectivity index (χ2v) is 5.48. The van der Waals surface area contributed by atoms with Gasteiger partial charge in [-0.25, -0.2) is 4.98 Å². The number of hydrogen-bond donors (Lipinski definition) is 2. The maximum atomic E-state index is 12.1. The number of aromatic nitrogens is 2. The zero-order chi connectivity index (χ0) is 17.2. The van der Waals surface area contributed by atoms with E-state index in [0.29, 0.717) is 5.69 Å². The third-order valence-corrected chi connectivity index (χ3v) is 3.83. The fourth-order valence-corrected chi connectivity index (χ4v) is 2.60. The van der Waals surface area contributed by atoms with Gasteiger partial charge in [0, 0.05) is 17.3 Å². The van der Waals surface area contributed by atoms with Gasteiger partial charge < -0.3 is 19.5 Å². The van der Waals surface area contributed by atoms with Gasteiger partial charge in [-0.3, -0.25) is 4.79 Å². The van der Waals surface area contributed by atoms with E-state index in [1.165, 1.54) is 6.26 Å². The van der Waals surface area contributed by atoms with Crippen LogP contribution in [0, 0.1) is 0 Å². The van der Waals surface area contributed by atoms with Crippen LogP contribution in [0.1, 0.15) is 10.6 Å². The molecule has 2 aromatic carbocycles. The van der Waals surface area contributed by atoms with Crippen molar-refractivity contribution < 1.29 is 13.9 Å². The van der Waals surface area contributed by atoms with E-state index in [1.807, 2.05) is 42.5 Å². The van der Waals surface area contributed by atoms with Crippen molar-refractivity contribution in [1.29, 1.82) is 0 Å². The first-order valence-electron chi connectivity index (χ1n) is 7.72. The topological polar surface area (TPSA) is 80.2 Å². The summed E-state index contributed by atoms with van der Waals surface area (Å²) in [6, 6.07) is 16.4. The molecule has 0 unspecified atom stereocenters. The number of aromatic amines is 1. The van der Waals surface area contributed by atoms with Crippen molar-refractivity contribution in [3.63, 3.8) is 0 Å². The monoisotopic (exact) mass is 333 g/mol. The fraction of sp³-hybridized carbons (Fsp3) is 0.0526. The molecule has 0 aliphatic heterocycles. The van der Waals surface area contributed by atoms with Crippen LogP contribution in [0.15, 0.2) is 65.3 Å². The first kappa shape index (κ1) is 15.0. The minimum absolute atomic E-state index is 0.265. The van der Waals surface area contributed by atoms with Crippen LogP contribution in [0.5, 0.6) is 5.75 Å². The number of nitrogens with zero attached hydrogens (tertiary/aromatic N) is 1. The van der Waals surface area contributed by atoms with Crippen LogP contribution in [-0.4, -0.2) is 23.0 Å². The number of rotatable bonds is 4. The molecule has 0 aliphatic rings. The Labute approximate surface area is 143 Å². The molecule has 4 rings (SSSR count). The molecule has 0 saturated carbocycles. The van der Waals surface area contributed by atoms with Crippen molar-refractivity contribution in [2.24, 2.45) is 0 Å². The number of methoxy groups -OCH3 is 1. The number of imidazole rings is 1. The van der Waals surface area contributed by atoms with Gasteiger partial charge in [0.2, 0.25) is 0 Å². The van der Waals surface area contributed by atoms with Crippen molar-refractivity contribution in [3.05, 3.63) is 66.6 Å². The normalized spacial score (nSPS) is 10.8. The molecule has 25 heavy (non-hydrogen) atoms. The molecule has 0 atom stereocenters. The van der Waals surface area contributed by atoms with Crippen LogP contribution in [0.4, 0.5) is 5.69 Å². The van der Waals surface area contributed by atoms with Gasteiger partial charge in [0.25, 0.3) is 5.91 Å². The molecular formula is C19H15N3O3. The number of carbonyl (C=O) groups is 1. The van der Waals surface area contributed by atoms with Crippen LogP contribution in [0.25, 0.3) is 22.4 Å². The van der Waals surface area contributed by atoms with E-state index in [-0.39, 0.29) is 11.7 Å². The maximum absolute atomic E-state index is 12.1. The SMILES string of the molecule is COc1ccc2nc(-c3cccc(NC(=O)c4ccco4)c3)[nH]c2c1. The summed E-state index contributed by atoms with van der Waals surface area (Å²) in [5, 5.41) is 2.81. The molecule has 0 saturated heterocycles. The van der Waals surface area contributed by atoms with Crippen LogP contribution in [0.2, 0.25) is 0 Å². The van der Waals surface area contributed by atoms with E-state index in [9.17, 15) is 4.79 Å². The number of benzene rings is 2. The molecule has 4 aromatic rings. The largest absolute Gasteiger partial charge is 0.497 e. The van der Waals surface area contributed by atoms with E-state index in [0.717, 1.165) is 28.2 Å². The van der Waals surface area contributed by atoms with Crippen molar-refractivity contribution in [1.82, 2.24) is 9.97 Å². The Morgan fingerprint density at radius 3 is 2.88 bits per heavy atom. The number of furan rings is 1. The molecule has 0 fully saturated rings. The van der Waals surface area contributed by atoms with Crippen molar-refractivity contribution in [3.8, 4) is 17.1 Å². The minimum Gasteiger partial charge on any atom is -0.497 e. The first-order valence-corrected chi connectivity index (χ1v) is 7.72. The van der Waals surface area contributed by atoms with Gasteiger partial charge in [-0.05, 0) is 36.4 Å². The number of anilines is 1. The van der Waals surface area contributed by atoms with Crippen LogP contribution in [0.3, 0.4) is 0 Å². The smallest absolute Gasteiger partial charge is 0.291 e. The lowest BCUT2D eigenvalue weighted by Crippen LogP contribution is -2.10. The van der Waals surface area contributed by atoms with Crippen molar-refractivity contribution in [2.75, 3.05) is 12.4 Å². The Bertz CT molecular complexity index is 1040. The predicted molar refractivity (Wildman–Crippen MR) is 94.7 cm³/mol. The highest BCUT2D eigenvalue weighted by Gasteiger charge is 2.11. The number of carbonyl (C=O) groups excluding carboxylic acids is 1. The summed E-state index contributed by atoms with van der Waals surface area (Å²) in [6.45, 7) is 0. The highest BCUT2D eigenvalue weighted by Crippen LogP contribution is 2.25. The molecule has 6 nitrogen and oxygen atoms in total. The summed E-state index contributed by atoms with van der Waals surface area (Å²) in [6.07, 6.45) is 1.47. The molecule has 0 radical (unpaired) electrons. The quantitative estimate of drug-likeness (QED) is 0.589. The zero-order valence-corrected chi connectivity index (χ0v) is 13.4. The van der Waals surface area contributed by atoms with Crippen molar-refractivity contribution >= 4 is 22.6 Å². The maximum Gasteiger partial charge on any atom is 0.291 e. The Balaban J connectivity index is 1.64. The van der Waals surface area contributed by atoms with E-state index in [4.69, 9.17) is 9.15 Å². The van der Waals surface area contributed by atoms with Gasteiger partial charge in [-0.15, -0.1) is 0 Å². The summed E-state index contributed by atoms with van der Waals surface area (Å²) in [5.74, 6) is 1.46. The number of fused-ring (bicyclic) bond motifs is 1. The van der Waals surface area contributed by atoms with E-state index < -0.39 is 0 Å². The second-order valence-electron chi connectivity index (χ2n) is 5.48. The van der Waals surface area contributed by atoms with Gasteiger partial charge in [-0.1, -0.05) is 12.1 Å². The molecule has 0 aliphatic carbocycles. The Morgan fingerprint density at radius 2 is 2.08 bits per heavy atom. The molecule has 2 heterocycles. The standard InChI is InChI=1S/C19H15N3O3/c1-24-14-7-8-15-16(11-14)22-18(21-15)12-4-2-5-13(10-12)20-19(23)17-6-3-9-25-17/h2-11H,1H3,(H,20,23)(H,21,22). The third-order valence-electron chi connectivity index (χ3n) is 3.83. The molecule has 2 aromatic heterocycles. The molecule has 1 amide bonds. The summed E-state index contributed by atoms with van der Waals surface area (Å²) < 4.78 is 10.3. The van der Waals surface area contributed by atoms with E-state index >= 15 is 0 Å². The molecular weight excluding hydrogens is 318 g/mol. The van der Waals surface area contributed by atoms with Crippen LogP contribution in [-0.2, 0) is 0 Å². The molecule has 124 valence electrons. The van der Waals surface area contributed by atoms with E-state index in [2.05, 4.69) is 15.3 Å². The lowest BCUT2D eigenvalue weighted by molar-refractivity contribution is 0.0996. The average Bonchev–Trinajstić information content (AvgIpc) is 3.31. The fourth-order valence-electron chi connectivity index (χ4n) is 2.60. The number of H-pyrrole nitrogens is 1. The van der Waals surface area contributed by atoms with Crippen LogP contribution >= 0.6 is 0 Å². The number of nitrogens with one attached hydrogen (secondary N) is 2. The molecule has 6 heteroatoms. The van der Waals surface area contributed by atoms with Gasteiger partial charge >= 0.3 is 0 Å². The summed E-state index contributed by atoms with van der Waals surface area (Å²) >= 11 is 0. The van der Waals surface area contributed by atoms with Gasteiger partial charge in [-0.2, -0.15) is 0 Å². The van der Waals surface area contributed by atoms with Crippen molar-refractivity contribution in [2.45, 2.75) is 0 Å². The second kappa shape index (κ2) is 6.16. The lowest BCUT2D eigenvalue weighted by atomic mass is 10.2. The first-order chi connectivity index (χ1) is 12.2. The van der Waals surface area contributed by atoms with E-state index in [1.54, 1.807) is 19.2 Å². The summed E-state index contributed by atoms with van der Waals surface area (Å²) in [4.78, 5) is 20.0. The Hall–Kier alpha value is -3.54. The van der Waals surface area contributed by atoms with Crippen LogP contribution < -0.4 is 10.1 Å². The summed E-state index contributed by atoms with van der Waals surface area (Å²) in [7, 11) is 1.63. The minimum atomic E-state index is -0.295. The Morgan fingerprint density at radius 1 is 1.16 bits per heavy atom. The number of ether oxygens (including phenoxy) is 1. The van der Waals surface area contributed by atoms with Gasteiger partial charge in [0.15, 0.2) is 5.76 Å². The zero-order valence-electron chi connectivity index (χ0n) is 13.4.